The Morgan fingerprint density at radius 3 is 2.48 bits per heavy atom. The van der Waals surface area contributed by atoms with Gasteiger partial charge >= 0.3 is 0 Å². The van der Waals surface area contributed by atoms with Crippen LogP contribution in [0.4, 0.5) is 0 Å². The zero-order chi connectivity index (χ0) is 20.9. The third kappa shape index (κ3) is 5.59. The van der Waals surface area contributed by atoms with E-state index in [-0.39, 0.29) is 4.90 Å². The molecule has 0 saturated heterocycles. The molecule has 0 unspecified atom stereocenters. The molecule has 0 saturated carbocycles. The normalized spacial score (nSPS) is 11.6. The molecule has 3 aromatic rings. The summed E-state index contributed by atoms with van der Waals surface area (Å²) in [7, 11) is -3.74. The van der Waals surface area contributed by atoms with Gasteiger partial charge in [-0.1, -0.05) is 59.6 Å². The van der Waals surface area contributed by atoms with Gasteiger partial charge in [0.1, 0.15) is 12.4 Å². The van der Waals surface area contributed by atoms with Gasteiger partial charge in [-0.3, -0.25) is 0 Å². The van der Waals surface area contributed by atoms with Gasteiger partial charge in [0.15, 0.2) is 0 Å². The summed E-state index contributed by atoms with van der Waals surface area (Å²) >= 11 is 6.27. The molecule has 0 atom stereocenters. The fourth-order valence-corrected chi connectivity index (χ4v) is 4.03. The zero-order valence-corrected chi connectivity index (χ0v) is 17.7. The zero-order valence-electron chi connectivity index (χ0n) is 16.1. The minimum atomic E-state index is -3.74. The molecule has 0 heterocycles. The summed E-state index contributed by atoms with van der Waals surface area (Å²) in [5.41, 5.74) is 3.34. The second-order valence-corrected chi connectivity index (χ2v) is 8.62. The van der Waals surface area contributed by atoms with Crippen molar-refractivity contribution in [2.75, 3.05) is 0 Å². The number of aryl methyl sites for hydroxylation is 2. The number of hydrogen-bond acceptors (Lipinski definition) is 4. The third-order valence-electron chi connectivity index (χ3n) is 4.20. The summed E-state index contributed by atoms with van der Waals surface area (Å²) in [5, 5.41) is 4.27. The summed E-state index contributed by atoms with van der Waals surface area (Å²) in [6.45, 7) is 4.06. The molecule has 0 aliphatic heterocycles. The first-order chi connectivity index (χ1) is 13.8. The third-order valence-corrected chi connectivity index (χ3v) is 5.88. The number of rotatable bonds is 7. The smallest absolute Gasteiger partial charge is 0.276 e. The van der Waals surface area contributed by atoms with Crippen molar-refractivity contribution < 1.29 is 13.2 Å². The summed E-state index contributed by atoms with van der Waals surface area (Å²) in [6, 6.07) is 20.0. The van der Waals surface area contributed by atoms with Crippen LogP contribution in [0, 0.1) is 13.8 Å². The van der Waals surface area contributed by atoms with Gasteiger partial charge in [0.05, 0.1) is 16.1 Å². The van der Waals surface area contributed by atoms with Crippen LogP contribution in [0.25, 0.3) is 0 Å². The van der Waals surface area contributed by atoms with E-state index >= 15 is 0 Å². The fourth-order valence-electron chi connectivity index (χ4n) is 2.77. The van der Waals surface area contributed by atoms with Crippen LogP contribution >= 0.6 is 11.6 Å². The van der Waals surface area contributed by atoms with E-state index in [9.17, 15) is 8.42 Å². The molecule has 0 aromatic heterocycles. The second kappa shape index (κ2) is 9.11. The van der Waals surface area contributed by atoms with E-state index in [1.54, 1.807) is 37.3 Å². The molecule has 0 fully saturated rings. The predicted molar refractivity (Wildman–Crippen MR) is 116 cm³/mol. The second-order valence-electron chi connectivity index (χ2n) is 6.59. The van der Waals surface area contributed by atoms with E-state index in [4.69, 9.17) is 16.3 Å². The van der Waals surface area contributed by atoms with E-state index in [0.29, 0.717) is 28.5 Å². The van der Waals surface area contributed by atoms with Crippen molar-refractivity contribution in [1.82, 2.24) is 4.83 Å². The summed E-state index contributed by atoms with van der Waals surface area (Å²) in [4.78, 5) is 2.43. The van der Waals surface area contributed by atoms with Crippen molar-refractivity contribution in [3.63, 3.8) is 0 Å². The van der Waals surface area contributed by atoms with Crippen LogP contribution in [0.2, 0.25) is 5.02 Å². The molecule has 1 N–H and O–H groups in total. The van der Waals surface area contributed by atoms with Crippen LogP contribution in [-0.4, -0.2) is 14.6 Å². The molecule has 0 aliphatic rings. The van der Waals surface area contributed by atoms with Crippen molar-refractivity contribution in [2.24, 2.45) is 5.10 Å². The first kappa shape index (κ1) is 20.9. The predicted octanol–water partition coefficient (Wildman–Crippen LogP) is 4.85. The SMILES string of the molecule is Cc1ccc(S(=O)(=O)N/N=C/c2ccc(OCc3ccccc3)c(Cl)c2)c(C)c1. The van der Waals surface area contributed by atoms with Gasteiger partial charge in [0.2, 0.25) is 0 Å². The maximum absolute atomic E-state index is 12.4. The number of hydrogen-bond donors (Lipinski definition) is 1. The van der Waals surface area contributed by atoms with Crippen molar-refractivity contribution in [3.8, 4) is 5.75 Å². The maximum atomic E-state index is 12.4. The van der Waals surface area contributed by atoms with Crippen LogP contribution in [-0.2, 0) is 16.6 Å². The number of hydrazone groups is 1. The molecule has 3 rings (SSSR count). The molecular formula is C22H21ClN2O3S. The highest BCUT2D eigenvalue weighted by atomic mass is 35.5. The van der Waals surface area contributed by atoms with Crippen LogP contribution in [0.5, 0.6) is 5.75 Å². The van der Waals surface area contributed by atoms with Crippen molar-refractivity contribution in [2.45, 2.75) is 25.3 Å². The minimum Gasteiger partial charge on any atom is -0.487 e. The lowest BCUT2D eigenvalue weighted by Crippen LogP contribution is -2.19. The van der Waals surface area contributed by atoms with Crippen LogP contribution in [0.15, 0.2) is 76.7 Å². The summed E-state index contributed by atoms with van der Waals surface area (Å²) < 4.78 is 30.6. The van der Waals surface area contributed by atoms with E-state index < -0.39 is 10.0 Å². The minimum absolute atomic E-state index is 0.197. The highest BCUT2D eigenvalue weighted by Crippen LogP contribution is 2.26. The number of ether oxygens (including phenoxy) is 1. The standard InChI is InChI=1S/C22H21ClN2O3S/c1-16-8-11-22(17(2)12-16)29(26,27)25-24-14-19-9-10-21(20(23)13-19)28-15-18-6-4-3-5-7-18/h3-14,25H,15H2,1-2H3/b24-14+. The Bertz CT molecular complexity index is 1130. The molecule has 0 spiro atoms. The molecule has 150 valence electrons. The Morgan fingerprint density at radius 1 is 1.03 bits per heavy atom. The number of sulfonamides is 1. The van der Waals surface area contributed by atoms with E-state index in [1.807, 2.05) is 43.3 Å². The molecular weight excluding hydrogens is 408 g/mol. The van der Waals surface area contributed by atoms with Crippen LogP contribution in [0.3, 0.4) is 0 Å². The molecule has 5 nitrogen and oxygen atoms in total. The Balaban J connectivity index is 1.65. The number of benzene rings is 3. The van der Waals surface area contributed by atoms with Crippen molar-refractivity contribution >= 4 is 27.8 Å². The lowest BCUT2D eigenvalue weighted by Gasteiger charge is -2.09. The molecule has 7 heteroatoms. The number of halogens is 1. The molecule has 0 bridgehead atoms. The van der Waals surface area contributed by atoms with Crippen LogP contribution < -0.4 is 9.57 Å². The average molecular weight is 429 g/mol. The first-order valence-corrected chi connectivity index (χ1v) is 10.8. The highest BCUT2D eigenvalue weighted by Gasteiger charge is 2.15. The molecule has 0 aliphatic carbocycles. The average Bonchev–Trinajstić information content (AvgIpc) is 2.67. The number of nitrogens with zero attached hydrogens (tertiary/aromatic N) is 1. The Labute approximate surface area is 176 Å². The molecule has 3 aromatic carbocycles. The maximum Gasteiger partial charge on any atom is 0.276 e. The van der Waals surface area contributed by atoms with Gasteiger partial charge in [0, 0.05) is 0 Å². The summed E-state index contributed by atoms with van der Waals surface area (Å²) in [5.74, 6) is 0.545. The quantitative estimate of drug-likeness (QED) is 0.432. The molecule has 0 amide bonds. The van der Waals surface area contributed by atoms with Gasteiger partial charge < -0.3 is 4.74 Å². The van der Waals surface area contributed by atoms with E-state index in [2.05, 4.69) is 9.93 Å². The lowest BCUT2D eigenvalue weighted by atomic mass is 10.2. The Kier molecular flexibility index (Phi) is 6.56. The number of nitrogens with one attached hydrogen (secondary N) is 1. The van der Waals surface area contributed by atoms with Gasteiger partial charge in [-0.25, -0.2) is 4.83 Å². The van der Waals surface area contributed by atoms with Gasteiger partial charge in [0.25, 0.3) is 10.0 Å². The summed E-state index contributed by atoms with van der Waals surface area (Å²) in [6.07, 6.45) is 1.40. The highest BCUT2D eigenvalue weighted by molar-refractivity contribution is 7.89. The Morgan fingerprint density at radius 2 is 1.79 bits per heavy atom. The van der Waals surface area contributed by atoms with E-state index in [1.165, 1.54) is 6.21 Å². The van der Waals surface area contributed by atoms with Crippen LogP contribution in [0.1, 0.15) is 22.3 Å². The lowest BCUT2D eigenvalue weighted by molar-refractivity contribution is 0.306. The monoisotopic (exact) mass is 428 g/mol. The first-order valence-electron chi connectivity index (χ1n) is 8.93. The van der Waals surface area contributed by atoms with Gasteiger partial charge in [-0.15, -0.1) is 0 Å². The van der Waals surface area contributed by atoms with Crippen molar-refractivity contribution in [1.29, 1.82) is 0 Å². The Hall–Kier alpha value is -2.83. The largest absolute Gasteiger partial charge is 0.487 e. The van der Waals surface area contributed by atoms with Gasteiger partial charge in [-0.05, 0) is 54.8 Å². The fraction of sp³-hybridized carbons (Fsp3) is 0.136. The molecule has 29 heavy (non-hydrogen) atoms. The molecule has 0 radical (unpaired) electrons. The van der Waals surface area contributed by atoms with Crippen molar-refractivity contribution in [3.05, 3.63) is 94.0 Å². The van der Waals surface area contributed by atoms with E-state index in [0.717, 1.165) is 11.1 Å². The van der Waals surface area contributed by atoms with Gasteiger partial charge in [-0.2, -0.15) is 13.5 Å². The topological polar surface area (TPSA) is 67.8 Å².